The smallest absolute Gasteiger partial charge is 0.241 e. The zero-order valence-corrected chi connectivity index (χ0v) is 10.6. The highest BCUT2D eigenvalue weighted by molar-refractivity contribution is 5.95. The molecule has 0 saturated carbocycles. The van der Waals surface area contributed by atoms with Gasteiger partial charge >= 0.3 is 0 Å². The van der Waals surface area contributed by atoms with Crippen molar-refractivity contribution in [2.24, 2.45) is 0 Å². The van der Waals surface area contributed by atoms with Gasteiger partial charge in [-0.15, -0.1) is 0 Å². The van der Waals surface area contributed by atoms with Crippen LogP contribution in [0, 0.1) is 6.92 Å². The molecule has 1 saturated heterocycles. The van der Waals surface area contributed by atoms with E-state index >= 15 is 0 Å². The number of rotatable bonds is 3. The molecule has 0 spiro atoms. The minimum absolute atomic E-state index is 0.115. The highest BCUT2D eigenvalue weighted by atomic mass is 16.5. The molecule has 0 aromatic heterocycles. The van der Waals surface area contributed by atoms with Crippen LogP contribution in [0.25, 0.3) is 0 Å². The van der Waals surface area contributed by atoms with E-state index in [0.717, 1.165) is 17.0 Å². The van der Waals surface area contributed by atoms with Gasteiger partial charge in [-0.3, -0.25) is 4.79 Å². The third-order valence-electron chi connectivity index (χ3n) is 3.09. The summed E-state index contributed by atoms with van der Waals surface area (Å²) in [6.45, 7) is 2.39. The standard InChI is InChI=1S/C13H18N2O3/c1-8-5-9(3-4-12(8)18-2)15-13(17)11-6-10(16)7-14-11/h3-5,10-11,14,16H,6-7H2,1-2H3,(H,15,17). The fraction of sp³-hybridized carbons (Fsp3) is 0.462. The van der Waals surface area contributed by atoms with Crippen molar-refractivity contribution in [3.8, 4) is 5.75 Å². The van der Waals surface area contributed by atoms with Gasteiger partial charge in [-0.1, -0.05) is 0 Å². The lowest BCUT2D eigenvalue weighted by Gasteiger charge is -2.12. The average molecular weight is 250 g/mol. The van der Waals surface area contributed by atoms with E-state index in [1.807, 2.05) is 19.1 Å². The Labute approximate surface area is 106 Å². The number of aliphatic hydroxyl groups excluding tert-OH is 1. The molecule has 2 unspecified atom stereocenters. The lowest BCUT2D eigenvalue weighted by atomic mass is 10.1. The Morgan fingerprint density at radius 3 is 2.89 bits per heavy atom. The van der Waals surface area contributed by atoms with Crippen LogP contribution < -0.4 is 15.4 Å². The maximum absolute atomic E-state index is 11.9. The second kappa shape index (κ2) is 5.37. The highest BCUT2D eigenvalue weighted by Crippen LogP contribution is 2.21. The predicted molar refractivity (Wildman–Crippen MR) is 68.8 cm³/mol. The number of methoxy groups -OCH3 is 1. The number of nitrogens with one attached hydrogen (secondary N) is 2. The number of benzene rings is 1. The normalized spacial score (nSPS) is 22.8. The summed E-state index contributed by atoms with van der Waals surface area (Å²) in [5.41, 5.74) is 1.70. The molecule has 1 aliphatic heterocycles. The Hall–Kier alpha value is -1.59. The molecule has 5 heteroatoms. The van der Waals surface area contributed by atoms with Crippen molar-refractivity contribution in [3.05, 3.63) is 23.8 Å². The number of anilines is 1. The van der Waals surface area contributed by atoms with Gasteiger partial charge in [0.15, 0.2) is 0 Å². The second-order valence-electron chi connectivity index (χ2n) is 4.52. The molecule has 1 fully saturated rings. The van der Waals surface area contributed by atoms with Gasteiger partial charge in [0, 0.05) is 12.2 Å². The van der Waals surface area contributed by atoms with Gasteiger partial charge in [0.05, 0.1) is 19.3 Å². The van der Waals surface area contributed by atoms with Crippen molar-refractivity contribution in [2.45, 2.75) is 25.5 Å². The van der Waals surface area contributed by atoms with Crippen molar-refractivity contribution < 1.29 is 14.6 Å². The molecule has 18 heavy (non-hydrogen) atoms. The molecule has 1 amide bonds. The third kappa shape index (κ3) is 2.80. The summed E-state index contributed by atoms with van der Waals surface area (Å²) in [6.07, 6.45) is 0.0272. The van der Waals surface area contributed by atoms with Gasteiger partial charge in [-0.05, 0) is 37.1 Å². The van der Waals surface area contributed by atoms with Crippen LogP contribution in [-0.4, -0.2) is 36.8 Å². The van der Waals surface area contributed by atoms with Crippen LogP contribution in [-0.2, 0) is 4.79 Å². The average Bonchev–Trinajstić information content (AvgIpc) is 2.76. The zero-order chi connectivity index (χ0) is 13.1. The third-order valence-corrected chi connectivity index (χ3v) is 3.09. The summed E-state index contributed by atoms with van der Waals surface area (Å²) in [7, 11) is 1.62. The second-order valence-corrected chi connectivity index (χ2v) is 4.52. The molecule has 1 aromatic rings. The number of aryl methyl sites for hydroxylation is 1. The molecule has 98 valence electrons. The number of hydrogen-bond donors (Lipinski definition) is 3. The van der Waals surface area contributed by atoms with Gasteiger partial charge in [-0.25, -0.2) is 0 Å². The summed E-state index contributed by atoms with van der Waals surface area (Å²) < 4.78 is 5.16. The topological polar surface area (TPSA) is 70.6 Å². The van der Waals surface area contributed by atoms with Crippen LogP contribution in [0.2, 0.25) is 0 Å². The predicted octanol–water partition coefficient (Wildman–Crippen LogP) is 0.665. The van der Waals surface area contributed by atoms with E-state index in [1.165, 1.54) is 0 Å². The van der Waals surface area contributed by atoms with Gasteiger partial charge < -0.3 is 20.5 Å². The number of hydrogen-bond acceptors (Lipinski definition) is 4. The number of β-amino-alcohol motifs (C(OH)–C–C–N with tert-alkyl or cyclic N) is 1. The number of carbonyl (C=O) groups excluding carboxylic acids is 1. The summed E-state index contributed by atoms with van der Waals surface area (Å²) >= 11 is 0. The van der Waals surface area contributed by atoms with Crippen LogP contribution in [0.3, 0.4) is 0 Å². The van der Waals surface area contributed by atoms with Gasteiger partial charge in [0.2, 0.25) is 5.91 Å². The van der Waals surface area contributed by atoms with E-state index in [0.29, 0.717) is 13.0 Å². The largest absolute Gasteiger partial charge is 0.496 e. The molecule has 1 aromatic carbocycles. The van der Waals surface area contributed by atoms with Gasteiger partial charge in [0.25, 0.3) is 0 Å². The molecule has 2 atom stereocenters. The Morgan fingerprint density at radius 2 is 2.33 bits per heavy atom. The first-order valence-electron chi connectivity index (χ1n) is 5.97. The van der Waals surface area contributed by atoms with Crippen molar-refractivity contribution in [1.82, 2.24) is 5.32 Å². The Kier molecular flexibility index (Phi) is 3.84. The van der Waals surface area contributed by atoms with Crippen molar-refractivity contribution in [3.63, 3.8) is 0 Å². The molecular weight excluding hydrogens is 232 g/mol. The van der Waals surface area contributed by atoms with Crippen molar-refractivity contribution in [2.75, 3.05) is 19.0 Å². The first kappa shape index (κ1) is 12.9. The fourth-order valence-corrected chi connectivity index (χ4v) is 2.10. The van der Waals surface area contributed by atoms with Crippen LogP contribution >= 0.6 is 0 Å². The Balaban J connectivity index is 2.01. The first-order valence-corrected chi connectivity index (χ1v) is 5.97. The molecule has 3 N–H and O–H groups in total. The number of aliphatic hydroxyl groups is 1. The summed E-state index contributed by atoms with van der Waals surface area (Å²) in [5, 5.41) is 15.2. The van der Waals surface area contributed by atoms with E-state index in [4.69, 9.17) is 4.74 Å². The fourth-order valence-electron chi connectivity index (χ4n) is 2.10. The lowest BCUT2D eigenvalue weighted by Crippen LogP contribution is -2.35. The molecular formula is C13H18N2O3. The van der Waals surface area contributed by atoms with Crippen LogP contribution in [0.4, 0.5) is 5.69 Å². The zero-order valence-electron chi connectivity index (χ0n) is 10.6. The molecule has 0 aliphatic carbocycles. The van der Waals surface area contributed by atoms with E-state index < -0.39 is 6.10 Å². The van der Waals surface area contributed by atoms with Crippen LogP contribution in [0.5, 0.6) is 5.75 Å². The summed E-state index contributed by atoms with van der Waals surface area (Å²) in [4.78, 5) is 11.9. The maximum atomic E-state index is 11.9. The quantitative estimate of drug-likeness (QED) is 0.737. The first-order chi connectivity index (χ1) is 8.60. The number of amides is 1. The van der Waals surface area contributed by atoms with Gasteiger partial charge in [-0.2, -0.15) is 0 Å². The van der Waals surface area contributed by atoms with Crippen molar-refractivity contribution in [1.29, 1.82) is 0 Å². The van der Waals surface area contributed by atoms with Gasteiger partial charge in [0.1, 0.15) is 5.75 Å². The van der Waals surface area contributed by atoms with E-state index in [1.54, 1.807) is 13.2 Å². The minimum Gasteiger partial charge on any atom is -0.496 e. The Morgan fingerprint density at radius 1 is 1.56 bits per heavy atom. The SMILES string of the molecule is COc1ccc(NC(=O)C2CC(O)CN2)cc1C. The van der Waals surface area contributed by atoms with E-state index in [2.05, 4.69) is 10.6 Å². The monoisotopic (exact) mass is 250 g/mol. The van der Waals surface area contributed by atoms with E-state index in [9.17, 15) is 9.90 Å². The van der Waals surface area contributed by atoms with Crippen LogP contribution in [0.1, 0.15) is 12.0 Å². The molecule has 1 aliphatic rings. The molecule has 0 radical (unpaired) electrons. The highest BCUT2D eigenvalue weighted by Gasteiger charge is 2.27. The molecule has 1 heterocycles. The lowest BCUT2D eigenvalue weighted by molar-refractivity contribution is -0.117. The van der Waals surface area contributed by atoms with Crippen LogP contribution in [0.15, 0.2) is 18.2 Å². The minimum atomic E-state index is -0.432. The summed E-state index contributed by atoms with van der Waals surface area (Å²) in [5.74, 6) is 0.679. The number of ether oxygens (including phenoxy) is 1. The summed E-state index contributed by atoms with van der Waals surface area (Å²) in [6, 6.07) is 5.17. The van der Waals surface area contributed by atoms with E-state index in [-0.39, 0.29) is 11.9 Å². The molecule has 0 bridgehead atoms. The number of carbonyl (C=O) groups is 1. The molecule has 5 nitrogen and oxygen atoms in total. The Bertz CT molecular complexity index is 448. The maximum Gasteiger partial charge on any atom is 0.241 e. The van der Waals surface area contributed by atoms with Crippen molar-refractivity contribution >= 4 is 11.6 Å². The molecule has 2 rings (SSSR count).